The van der Waals surface area contributed by atoms with Crippen LogP contribution in [-0.4, -0.2) is 5.11 Å². The number of rotatable bonds is 2. The van der Waals surface area contributed by atoms with Gasteiger partial charge < -0.3 is 5.11 Å². The second-order valence-corrected chi connectivity index (χ2v) is 4.92. The van der Waals surface area contributed by atoms with E-state index in [1.807, 2.05) is 0 Å². The van der Waals surface area contributed by atoms with Crippen molar-refractivity contribution < 1.29 is 13.9 Å². The van der Waals surface area contributed by atoms with Crippen LogP contribution in [0.5, 0.6) is 0 Å². The fourth-order valence-corrected chi connectivity index (χ4v) is 3.33. The summed E-state index contributed by atoms with van der Waals surface area (Å²) in [4.78, 5) is 0. The van der Waals surface area contributed by atoms with Crippen molar-refractivity contribution in [3.05, 3.63) is 35.4 Å². The van der Waals surface area contributed by atoms with Gasteiger partial charge in [0.2, 0.25) is 0 Å². The summed E-state index contributed by atoms with van der Waals surface area (Å²) in [5, 5.41) is 10.0. The third-order valence-corrected chi connectivity index (χ3v) is 4.13. The molecule has 86 valence electrons. The van der Waals surface area contributed by atoms with Crippen molar-refractivity contribution in [1.82, 2.24) is 0 Å². The Morgan fingerprint density at radius 3 is 2.25 bits per heavy atom. The van der Waals surface area contributed by atoms with E-state index in [0.29, 0.717) is 11.8 Å². The number of hydrogen-bond donors (Lipinski definition) is 1. The zero-order valence-corrected chi connectivity index (χ0v) is 8.87. The van der Waals surface area contributed by atoms with Crippen LogP contribution in [-0.2, 0) is 0 Å². The topological polar surface area (TPSA) is 20.2 Å². The Labute approximate surface area is 93.1 Å². The Bertz CT molecular complexity index is 388. The van der Waals surface area contributed by atoms with Gasteiger partial charge in [0.15, 0.2) is 0 Å². The van der Waals surface area contributed by atoms with Gasteiger partial charge in [-0.15, -0.1) is 0 Å². The molecular formula is C13H14F2O. The number of halogens is 2. The standard InChI is InChI=1S/C13H14F2O/c14-9-5-2-6-10(15)12(9)13(16)11-7-3-1-4-8(7)11/h2,5-8,11,13,16H,1,3-4H2. The Balaban J connectivity index is 1.87. The first-order chi connectivity index (χ1) is 7.70. The minimum atomic E-state index is -0.962. The maximum Gasteiger partial charge on any atom is 0.131 e. The third-order valence-electron chi connectivity index (χ3n) is 4.13. The lowest BCUT2D eigenvalue weighted by molar-refractivity contribution is 0.128. The number of fused-ring (bicyclic) bond motifs is 1. The molecule has 2 fully saturated rings. The molecule has 0 bridgehead atoms. The first-order valence-electron chi connectivity index (χ1n) is 5.82. The van der Waals surface area contributed by atoms with Gasteiger partial charge in [0, 0.05) is 0 Å². The maximum absolute atomic E-state index is 13.5. The monoisotopic (exact) mass is 224 g/mol. The van der Waals surface area contributed by atoms with Gasteiger partial charge in [0.1, 0.15) is 11.6 Å². The number of hydrogen-bond acceptors (Lipinski definition) is 1. The van der Waals surface area contributed by atoms with Gasteiger partial charge >= 0.3 is 0 Å². The van der Waals surface area contributed by atoms with Gasteiger partial charge in [-0.2, -0.15) is 0 Å². The molecule has 0 saturated heterocycles. The molecule has 2 aliphatic carbocycles. The lowest BCUT2D eigenvalue weighted by Gasteiger charge is -2.14. The first kappa shape index (κ1) is 10.2. The van der Waals surface area contributed by atoms with Crippen LogP contribution in [0, 0.1) is 29.4 Å². The zero-order chi connectivity index (χ0) is 11.3. The minimum absolute atomic E-state index is 0.0835. The molecule has 0 aromatic heterocycles. The fourth-order valence-electron chi connectivity index (χ4n) is 3.33. The molecule has 3 rings (SSSR count). The largest absolute Gasteiger partial charge is 0.388 e. The Hall–Kier alpha value is -0.960. The van der Waals surface area contributed by atoms with Crippen LogP contribution in [0.2, 0.25) is 0 Å². The predicted octanol–water partition coefficient (Wildman–Crippen LogP) is 3.04. The average Bonchev–Trinajstić information content (AvgIpc) is 2.72. The summed E-state index contributed by atoms with van der Waals surface area (Å²) in [6.07, 6.45) is 2.43. The highest BCUT2D eigenvalue weighted by Gasteiger charge is 2.56. The molecule has 3 heteroatoms. The molecular weight excluding hydrogens is 210 g/mol. The van der Waals surface area contributed by atoms with Gasteiger partial charge in [-0.25, -0.2) is 8.78 Å². The maximum atomic E-state index is 13.5. The summed E-state index contributed by atoms with van der Waals surface area (Å²) < 4.78 is 26.9. The van der Waals surface area contributed by atoms with Crippen LogP contribution in [0.4, 0.5) is 8.78 Å². The van der Waals surface area contributed by atoms with Crippen molar-refractivity contribution in [2.45, 2.75) is 25.4 Å². The molecule has 0 radical (unpaired) electrons. The smallest absolute Gasteiger partial charge is 0.131 e. The van der Waals surface area contributed by atoms with Crippen molar-refractivity contribution in [2.24, 2.45) is 17.8 Å². The highest BCUT2D eigenvalue weighted by molar-refractivity contribution is 5.25. The minimum Gasteiger partial charge on any atom is -0.388 e. The molecule has 3 atom stereocenters. The summed E-state index contributed by atoms with van der Waals surface area (Å²) in [5.41, 5.74) is -0.137. The van der Waals surface area contributed by atoms with E-state index in [2.05, 4.69) is 0 Å². The molecule has 3 unspecified atom stereocenters. The highest BCUT2D eigenvalue weighted by Crippen LogP contribution is 2.62. The third kappa shape index (κ3) is 1.38. The van der Waals surface area contributed by atoms with Crippen LogP contribution in [0.3, 0.4) is 0 Å². The highest BCUT2D eigenvalue weighted by atomic mass is 19.1. The second kappa shape index (κ2) is 3.52. The molecule has 0 spiro atoms. The van der Waals surface area contributed by atoms with E-state index < -0.39 is 17.7 Å². The van der Waals surface area contributed by atoms with Crippen LogP contribution in [0.15, 0.2) is 18.2 Å². The molecule has 0 amide bonds. The molecule has 1 aromatic rings. The van der Waals surface area contributed by atoms with Crippen molar-refractivity contribution in [1.29, 1.82) is 0 Å². The van der Waals surface area contributed by atoms with Gasteiger partial charge in [-0.05, 0) is 42.7 Å². The average molecular weight is 224 g/mol. The van der Waals surface area contributed by atoms with Crippen LogP contribution < -0.4 is 0 Å². The number of aliphatic hydroxyl groups excluding tert-OH is 1. The summed E-state index contributed by atoms with van der Waals surface area (Å²) >= 11 is 0. The van der Waals surface area contributed by atoms with Gasteiger partial charge in [-0.1, -0.05) is 12.5 Å². The molecule has 16 heavy (non-hydrogen) atoms. The van der Waals surface area contributed by atoms with Crippen LogP contribution in [0.1, 0.15) is 30.9 Å². The molecule has 1 aromatic carbocycles. The lowest BCUT2D eigenvalue weighted by Crippen LogP contribution is -2.09. The molecule has 0 aliphatic heterocycles. The summed E-state index contributed by atoms with van der Waals surface area (Å²) in [7, 11) is 0. The van der Waals surface area contributed by atoms with E-state index in [1.54, 1.807) is 0 Å². The van der Waals surface area contributed by atoms with Gasteiger partial charge in [0.05, 0.1) is 11.7 Å². The quantitative estimate of drug-likeness (QED) is 0.818. The summed E-state index contributed by atoms with van der Waals surface area (Å²) in [6.45, 7) is 0. The second-order valence-electron chi connectivity index (χ2n) is 4.92. The van der Waals surface area contributed by atoms with Crippen molar-refractivity contribution in [3.8, 4) is 0 Å². The molecule has 2 saturated carbocycles. The summed E-state index contributed by atoms with van der Waals surface area (Å²) in [6, 6.07) is 3.74. The Morgan fingerprint density at radius 1 is 1.12 bits per heavy atom. The SMILES string of the molecule is OC(c1c(F)cccc1F)C1C2CCCC21. The number of aliphatic hydroxyl groups is 1. The van der Waals surface area contributed by atoms with E-state index in [4.69, 9.17) is 0 Å². The summed E-state index contributed by atoms with van der Waals surface area (Å²) in [5.74, 6) is -0.182. The van der Waals surface area contributed by atoms with E-state index in [0.717, 1.165) is 12.8 Å². The van der Waals surface area contributed by atoms with E-state index in [9.17, 15) is 13.9 Å². The number of benzene rings is 1. The van der Waals surface area contributed by atoms with Crippen molar-refractivity contribution in [2.75, 3.05) is 0 Å². The van der Waals surface area contributed by atoms with Gasteiger partial charge in [-0.3, -0.25) is 0 Å². The van der Waals surface area contributed by atoms with Gasteiger partial charge in [0.25, 0.3) is 0 Å². The lowest BCUT2D eigenvalue weighted by atomic mass is 9.99. The van der Waals surface area contributed by atoms with Crippen LogP contribution >= 0.6 is 0 Å². The predicted molar refractivity (Wildman–Crippen MR) is 55.6 cm³/mol. The van der Waals surface area contributed by atoms with E-state index in [-0.39, 0.29) is 11.5 Å². The zero-order valence-electron chi connectivity index (χ0n) is 8.87. The molecule has 1 nitrogen and oxygen atoms in total. The fraction of sp³-hybridized carbons (Fsp3) is 0.538. The van der Waals surface area contributed by atoms with Crippen LogP contribution in [0.25, 0.3) is 0 Å². The normalized spacial score (nSPS) is 33.6. The Kier molecular flexibility index (Phi) is 2.25. The molecule has 0 heterocycles. The van der Waals surface area contributed by atoms with Crippen molar-refractivity contribution >= 4 is 0 Å². The first-order valence-corrected chi connectivity index (χ1v) is 5.82. The molecule has 2 aliphatic rings. The van der Waals surface area contributed by atoms with Crippen molar-refractivity contribution in [3.63, 3.8) is 0 Å². The molecule has 1 N–H and O–H groups in total. The van der Waals surface area contributed by atoms with E-state index >= 15 is 0 Å². The van der Waals surface area contributed by atoms with E-state index in [1.165, 1.54) is 24.6 Å². The Morgan fingerprint density at radius 2 is 1.69 bits per heavy atom.